The van der Waals surface area contributed by atoms with E-state index in [0.29, 0.717) is 24.6 Å². The summed E-state index contributed by atoms with van der Waals surface area (Å²) >= 11 is 0. The molecule has 0 unspecified atom stereocenters. The maximum absolute atomic E-state index is 13.6. The lowest BCUT2D eigenvalue weighted by Crippen LogP contribution is -2.47. The molecule has 0 aliphatic carbocycles. The van der Waals surface area contributed by atoms with Crippen molar-refractivity contribution >= 4 is 16.6 Å². The molecule has 3 atom stereocenters. The molecule has 2 aliphatic rings. The number of nitrogens with one attached hydrogen (secondary N) is 1. The fourth-order valence-electron chi connectivity index (χ4n) is 5.80. The minimum Gasteiger partial charge on any atom is -0.369 e. The summed E-state index contributed by atoms with van der Waals surface area (Å²) in [7, 11) is 2.02. The van der Waals surface area contributed by atoms with Crippen LogP contribution in [-0.4, -0.2) is 83.1 Å². The number of alkyl halides is 4. The van der Waals surface area contributed by atoms with Crippen molar-refractivity contribution in [1.29, 1.82) is 0 Å². The van der Waals surface area contributed by atoms with Crippen molar-refractivity contribution in [1.82, 2.24) is 25.0 Å². The number of rotatable bonds is 7. The second kappa shape index (κ2) is 9.97. The van der Waals surface area contributed by atoms with Gasteiger partial charge in [-0.3, -0.25) is 19.4 Å². The number of aromatic nitrogens is 3. The molecule has 1 saturated heterocycles. The van der Waals surface area contributed by atoms with Crippen molar-refractivity contribution in [2.75, 3.05) is 44.8 Å². The number of halogens is 4. The molecule has 0 amide bonds. The number of pyridine rings is 1. The summed E-state index contributed by atoms with van der Waals surface area (Å²) in [6.07, 6.45) is 1.24. The monoisotopic (exact) mass is 504 g/mol. The highest BCUT2D eigenvalue weighted by Crippen LogP contribution is 2.41. The molecule has 0 saturated carbocycles. The minimum absolute atomic E-state index is 0.295. The number of benzene rings is 1. The van der Waals surface area contributed by atoms with Gasteiger partial charge in [-0.1, -0.05) is 6.07 Å². The van der Waals surface area contributed by atoms with Gasteiger partial charge in [0.1, 0.15) is 0 Å². The first-order valence-electron chi connectivity index (χ1n) is 12.5. The maximum atomic E-state index is 13.6. The highest BCUT2D eigenvalue weighted by Gasteiger charge is 2.41. The SMILES string of the molecule is C[C@@H]1Cc2c(ccc3[nH]ncc23)[C@@H](c2ccc(N(C)[C@H]3CCN(CCCF)C3)cn2)N1CC(F)(F)F. The van der Waals surface area contributed by atoms with Gasteiger partial charge in [0.2, 0.25) is 0 Å². The van der Waals surface area contributed by atoms with Gasteiger partial charge < -0.3 is 9.80 Å². The Morgan fingerprint density at radius 1 is 1.17 bits per heavy atom. The molecule has 3 aromatic rings. The van der Waals surface area contributed by atoms with E-state index in [2.05, 4.69) is 20.0 Å². The Labute approximate surface area is 208 Å². The third-order valence-corrected chi connectivity index (χ3v) is 7.69. The van der Waals surface area contributed by atoms with E-state index >= 15 is 0 Å². The fourth-order valence-corrected chi connectivity index (χ4v) is 5.80. The van der Waals surface area contributed by atoms with Gasteiger partial charge in [-0.15, -0.1) is 0 Å². The molecule has 194 valence electrons. The third kappa shape index (κ3) is 4.93. The predicted octanol–water partition coefficient (Wildman–Crippen LogP) is 4.73. The van der Waals surface area contributed by atoms with Crippen LogP contribution in [0.4, 0.5) is 23.2 Å². The Morgan fingerprint density at radius 3 is 2.72 bits per heavy atom. The van der Waals surface area contributed by atoms with Crippen molar-refractivity contribution in [2.24, 2.45) is 0 Å². The smallest absolute Gasteiger partial charge is 0.369 e. The summed E-state index contributed by atoms with van der Waals surface area (Å²) < 4.78 is 53.4. The van der Waals surface area contributed by atoms with E-state index < -0.39 is 18.8 Å². The van der Waals surface area contributed by atoms with Crippen LogP contribution in [0.15, 0.2) is 36.7 Å². The normalized spacial score (nSPS) is 23.3. The lowest BCUT2D eigenvalue weighted by Gasteiger charge is -2.42. The van der Waals surface area contributed by atoms with Gasteiger partial charge in [-0.05, 0) is 55.5 Å². The summed E-state index contributed by atoms with van der Waals surface area (Å²) in [4.78, 5) is 10.7. The zero-order valence-corrected chi connectivity index (χ0v) is 20.6. The second-order valence-corrected chi connectivity index (χ2v) is 10.0. The van der Waals surface area contributed by atoms with Crippen molar-refractivity contribution < 1.29 is 17.6 Å². The van der Waals surface area contributed by atoms with E-state index in [0.717, 1.165) is 53.8 Å². The van der Waals surface area contributed by atoms with Crippen molar-refractivity contribution in [3.63, 3.8) is 0 Å². The molecule has 10 heteroatoms. The molecule has 1 N–H and O–H groups in total. The molecule has 4 heterocycles. The van der Waals surface area contributed by atoms with Crippen LogP contribution < -0.4 is 4.90 Å². The first-order valence-corrected chi connectivity index (χ1v) is 12.5. The molecule has 2 aromatic heterocycles. The molecule has 5 rings (SSSR count). The van der Waals surface area contributed by atoms with Crippen LogP contribution in [0.3, 0.4) is 0 Å². The number of hydrogen-bond donors (Lipinski definition) is 1. The second-order valence-electron chi connectivity index (χ2n) is 10.0. The summed E-state index contributed by atoms with van der Waals surface area (Å²) in [6, 6.07) is 6.97. The molecule has 1 aromatic carbocycles. The summed E-state index contributed by atoms with van der Waals surface area (Å²) in [5.41, 5.74) is 4.28. The standard InChI is InChI=1S/C26H32F4N6/c1-17-12-21-20(5-7-23-22(21)14-32-33-23)25(36(17)16-26(28,29)30)24-6-4-18(13-31-24)34(2)19-8-11-35(15-19)10-3-9-27/h4-7,13-14,17,19,25H,3,8-12,15-16H2,1-2H3,(H,32,33)/t17-,19+,25+/m1/s1. The molecule has 0 radical (unpaired) electrons. The number of likely N-dealkylation sites (tertiary alicyclic amines) is 1. The number of aromatic amines is 1. The number of anilines is 1. The van der Waals surface area contributed by atoms with Crippen LogP contribution in [0.1, 0.15) is 42.6 Å². The molecule has 1 fully saturated rings. The molecule has 0 spiro atoms. The number of hydrogen-bond acceptors (Lipinski definition) is 5. The van der Waals surface area contributed by atoms with Crippen LogP contribution >= 0.6 is 0 Å². The summed E-state index contributed by atoms with van der Waals surface area (Å²) in [5, 5.41) is 8.05. The summed E-state index contributed by atoms with van der Waals surface area (Å²) in [6.45, 7) is 3.11. The molecule has 0 bridgehead atoms. The number of fused-ring (bicyclic) bond motifs is 3. The van der Waals surface area contributed by atoms with E-state index in [9.17, 15) is 17.6 Å². The number of nitrogens with zero attached hydrogens (tertiary/aromatic N) is 5. The van der Waals surface area contributed by atoms with Gasteiger partial charge in [0.05, 0.1) is 48.6 Å². The summed E-state index contributed by atoms with van der Waals surface area (Å²) in [5.74, 6) is 0. The molecular formula is C26H32F4N6. The van der Waals surface area contributed by atoms with E-state index in [1.54, 1.807) is 12.4 Å². The van der Waals surface area contributed by atoms with Crippen LogP contribution in [0.5, 0.6) is 0 Å². The fraction of sp³-hybridized carbons (Fsp3) is 0.538. The Kier molecular flexibility index (Phi) is 6.91. The highest BCUT2D eigenvalue weighted by atomic mass is 19.4. The van der Waals surface area contributed by atoms with E-state index in [1.807, 2.05) is 38.2 Å². The average Bonchev–Trinajstić information content (AvgIpc) is 3.52. The molecule has 36 heavy (non-hydrogen) atoms. The first kappa shape index (κ1) is 25.0. The highest BCUT2D eigenvalue weighted by molar-refractivity contribution is 5.83. The van der Waals surface area contributed by atoms with Crippen LogP contribution in [0, 0.1) is 0 Å². The minimum atomic E-state index is -4.32. The Hall–Kier alpha value is -2.72. The van der Waals surface area contributed by atoms with Gasteiger partial charge in [-0.2, -0.15) is 18.3 Å². The molecule has 6 nitrogen and oxygen atoms in total. The Morgan fingerprint density at radius 2 is 2.00 bits per heavy atom. The van der Waals surface area contributed by atoms with Crippen molar-refractivity contribution in [3.05, 3.63) is 53.5 Å². The van der Waals surface area contributed by atoms with Gasteiger partial charge in [-0.25, -0.2) is 0 Å². The van der Waals surface area contributed by atoms with Crippen LogP contribution in [0.2, 0.25) is 0 Å². The topological polar surface area (TPSA) is 51.3 Å². The Bertz CT molecular complexity index is 1180. The molecule has 2 aliphatic heterocycles. The molecular weight excluding hydrogens is 472 g/mol. The van der Waals surface area contributed by atoms with Gasteiger partial charge >= 0.3 is 6.18 Å². The lowest BCUT2D eigenvalue weighted by molar-refractivity contribution is -0.155. The Balaban J connectivity index is 1.44. The maximum Gasteiger partial charge on any atom is 0.401 e. The number of H-pyrrole nitrogens is 1. The van der Waals surface area contributed by atoms with Crippen molar-refractivity contribution in [2.45, 2.75) is 50.5 Å². The average molecular weight is 505 g/mol. The zero-order chi connectivity index (χ0) is 25.4. The zero-order valence-electron chi connectivity index (χ0n) is 20.6. The van der Waals surface area contributed by atoms with Crippen molar-refractivity contribution in [3.8, 4) is 0 Å². The van der Waals surface area contributed by atoms with Gasteiger partial charge in [0.25, 0.3) is 0 Å². The van der Waals surface area contributed by atoms with E-state index in [4.69, 9.17) is 4.98 Å². The third-order valence-electron chi connectivity index (χ3n) is 7.69. The number of likely N-dealkylation sites (N-methyl/N-ethyl adjacent to an activating group) is 1. The van der Waals surface area contributed by atoms with E-state index in [-0.39, 0.29) is 12.7 Å². The first-order chi connectivity index (χ1) is 17.2. The largest absolute Gasteiger partial charge is 0.401 e. The lowest BCUT2D eigenvalue weighted by atomic mass is 9.85. The van der Waals surface area contributed by atoms with Crippen LogP contribution in [0.25, 0.3) is 10.9 Å². The van der Waals surface area contributed by atoms with Gasteiger partial charge in [0.15, 0.2) is 0 Å². The predicted molar refractivity (Wildman–Crippen MR) is 132 cm³/mol. The van der Waals surface area contributed by atoms with Gasteiger partial charge in [0, 0.05) is 44.2 Å². The quantitative estimate of drug-likeness (QED) is 0.472. The van der Waals surface area contributed by atoms with Crippen LogP contribution in [-0.2, 0) is 6.42 Å². The van der Waals surface area contributed by atoms with E-state index in [1.165, 1.54) is 4.90 Å².